The molecule has 0 saturated heterocycles. The van der Waals surface area contributed by atoms with E-state index in [0.717, 1.165) is 33.6 Å². The highest BCUT2D eigenvalue weighted by Gasteiger charge is 2.19. The van der Waals surface area contributed by atoms with Gasteiger partial charge in [-0.25, -0.2) is 9.97 Å². The molecule has 2 aromatic heterocycles. The van der Waals surface area contributed by atoms with Crippen LogP contribution in [0.3, 0.4) is 0 Å². The van der Waals surface area contributed by atoms with Crippen LogP contribution >= 0.6 is 23.2 Å². The van der Waals surface area contributed by atoms with Crippen LogP contribution in [0.5, 0.6) is 11.8 Å². The minimum Gasteiger partial charge on any atom is -0.480 e. The molecule has 0 aliphatic rings. The first-order valence-electron chi connectivity index (χ1n) is 11.9. The number of halogens is 2. The molecule has 0 unspecified atom stereocenters. The Bertz CT molecular complexity index is 1340. The summed E-state index contributed by atoms with van der Waals surface area (Å²) in [5.41, 5.74) is 5.68. The van der Waals surface area contributed by atoms with Gasteiger partial charge in [0.25, 0.3) is 0 Å². The minimum atomic E-state index is 0.461. The molecule has 0 spiro atoms. The van der Waals surface area contributed by atoms with Gasteiger partial charge in [-0.2, -0.15) is 0 Å². The van der Waals surface area contributed by atoms with E-state index < -0.39 is 0 Å². The number of hydrogen-bond donors (Lipinski definition) is 0. The molecule has 0 atom stereocenters. The van der Waals surface area contributed by atoms with E-state index in [2.05, 4.69) is 19.9 Å². The molecule has 0 aliphatic heterocycles. The van der Waals surface area contributed by atoms with Crippen LogP contribution in [-0.2, 0) is 13.1 Å². The Kier molecular flexibility index (Phi) is 8.79. The monoisotopic (exact) mass is 552 g/mol. The fraction of sp³-hybridized carbons (Fsp3) is 0.286. The maximum Gasteiger partial charge on any atom is 0.237 e. The van der Waals surface area contributed by atoms with E-state index in [9.17, 15) is 0 Å². The van der Waals surface area contributed by atoms with Crippen LogP contribution in [0.25, 0.3) is 33.6 Å². The lowest BCUT2D eigenvalue weighted by Crippen LogP contribution is -2.13. The highest BCUT2D eigenvalue weighted by Crippen LogP contribution is 2.42. The van der Waals surface area contributed by atoms with Crippen molar-refractivity contribution in [2.75, 3.05) is 42.4 Å². The van der Waals surface area contributed by atoms with E-state index in [-0.39, 0.29) is 0 Å². The molecule has 8 nitrogen and oxygen atoms in total. The first-order valence-corrected chi connectivity index (χ1v) is 12.7. The van der Waals surface area contributed by atoms with Gasteiger partial charge in [0.1, 0.15) is 11.4 Å². The summed E-state index contributed by atoms with van der Waals surface area (Å²) < 4.78 is 11.0. The van der Waals surface area contributed by atoms with E-state index in [1.54, 1.807) is 26.6 Å². The van der Waals surface area contributed by atoms with Crippen molar-refractivity contribution in [1.82, 2.24) is 29.7 Å². The van der Waals surface area contributed by atoms with Crippen molar-refractivity contribution in [2.45, 2.75) is 13.1 Å². The fourth-order valence-electron chi connectivity index (χ4n) is 4.07. The molecule has 0 saturated carbocycles. The Labute approximate surface area is 233 Å². The molecule has 198 valence electrons. The van der Waals surface area contributed by atoms with Crippen LogP contribution in [0.2, 0.25) is 10.0 Å². The first-order chi connectivity index (χ1) is 18.2. The number of benzene rings is 2. The predicted octanol–water partition coefficient (Wildman–Crippen LogP) is 5.71. The Morgan fingerprint density at radius 3 is 1.34 bits per heavy atom. The maximum absolute atomic E-state index is 6.96. The van der Waals surface area contributed by atoms with Gasteiger partial charge in [0, 0.05) is 35.3 Å². The zero-order valence-corrected chi connectivity index (χ0v) is 23.8. The third-order valence-electron chi connectivity index (χ3n) is 5.78. The van der Waals surface area contributed by atoms with E-state index in [0.29, 0.717) is 46.3 Å². The number of methoxy groups -OCH3 is 2. The second-order valence-corrected chi connectivity index (χ2v) is 9.99. The third kappa shape index (κ3) is 5.89. The van der Waals surface area contributed by atoms with Gasteiger partial charge >= 0.3 is 0 Å². The molecule has 0 aliphatic carbocycles. The van der Waals surface area contributed by atoms with Gasteiger partial charge in [0.15, 0.2) is 0 Å². The van der Waals surface area contributed by atoms with Crippen molar-refractivity contribution in [3.63, 3.8) is 0 Å². The van der Waals surface area contributed by atoms with Gasteiger partial charge in [-0.1, -0.05) is 59.6 Å². The molecule has 0 bridgehead atoms. The molecule has 0 fully saturated rings. The van der Waals surface area contributed by atoms with Gasteiger partial charge in [-0.15, -0.1) is 0 Å². The summed E-state index contributed by atoms with van der Waals surface area (Å²) in [6.07, 6.45) is 3.42. The largest absolute Gasteiger partial charge is 0.480 e. The normalized spacial score (nSPS) is 11.3. The van der Waals surface area contributed by atoms with E-state index in [1.165, 1.54) is 0 Å². The van der Waals surface area contributed by atoms with Crippen molar-refractivity contribution >= 4 is 23.2 Å². The van der Waals surface area contributed by atoms with Crippen LogP contribution in [0.1, 0.15) is 11.4 Å². The molecule has 10 heteroatoms. The minimum absolute atomic E-state index is 0.461. The molecule has 4 rings (SSSR count). The van der Waals surface area contributed by atoms with Crippen LogP contribution < -0.4 is 9.47 Å². The molecular weight excluding hydrogens is 523 g/mol. The van der Waals surface area contributed by atoms with Crippen LogP contribution in [0, 0.1) is 0 Å². The van der Waals surface area contributed by atoms with E-state index in [1.807, 2.05) is 74.4 Å². The van der Waals surface area contributed by atoms with Gasteiger partial charge in [-0.3, -0.25) is 9.97 Å². The van der Waals surface area contributed by atoms with Gasteiger partial charge in [0.05, 0.1) is 48.0 Å². The van der Waals surface area contributed by atoms with Crippen molar-refractivity contribution in [2.24, 2.45) is 0 Å². The average molecular weight is 553 g/mol. The number of nitrogens with zero attached hydrogens (tertiary/aromatic N) is 6. The molecule has 2 aromatic carbocycles. The first kappa shape index (κ1) is 27.7. The number of hydrogen-bond acceptors (Lipinski definition) is 8. The molecule has 0 amide bonds. The second-order valence-electron chi connectivity index (χ2n) is 9.23. The van der Waals surface area contributed by atoms with E-state index in [4.69, 9.17) is 32.7 Å². The third-order valence-corrected chi connectivity index (χ3v) is 6.60. The van der Waals surface area contributed by atoms with E-state index >= 15 is 0 Å². The summed E-state index contributed by atoms with van der Waals surface area (Å²) in [7, 11) is 11.0. The van der Waals surface area contributed by atoms with Crippen LogP contribution in [-0.4, -0.2) is 72.1 Å². The average Bonchev–Trinajstić information content (AvgIpc) is 2.89. The molecule has 0 N–H and O–H groups in total. The van der Waals surface area contributed by atoms with Gasteiger partial charge in [-0.05, 0) is 28.2 Å². The lowest BCUT2D eigenvalue weighted by Gasteiger charge is -2.16. The van der Waals surface area contributed by atoms with Gasteiger partial charge in [0.2, 0.25) is 11.8 Å². The highest BCUT2D eigenvalue weighted by molar-refractivity contribution is 6.39. The standard InChI is InChI=1S/C28H30Cl2N6O2/c1-35(2)15-23-27(37-5)33-21(13-31-23)19-11-7-9-17(25(19)29)18-10-8-12-20(26(18)30)22-14-32-24(16-36(3)4)28(34-22)38-6/h7-14H,15-16H2,1-6H3. The van der Waals surface area contributed by atoms with Crippen molar-refractivity contribution in [3.8, 4) is 45.4 Å². The second kappa shape index (κ2) is 12.0. The summed E-state index contributed by atoms with van der Waals surface area (Å²) in [6, 6.07) is 11.5. The molecule has 0 radical (unpaired) electrons. The molecular formula is C28H30Cl2N6O2. The molecule has 4 aromatic rings. The predicted molar refractivity (Wildman–Crippen MR) is 152 cm³/mol. The summed E-state index contributed by atoms with van der Waals surface area (Å²) in [6.45, 7) is 1.22. The zero-order chi connectivity index (χ0) is 27.4. The highest BCUT2D eigenvalue weighted by atomic mass is 35.5. The SMILES string of the molecule is COc1nc(-c2cccc(-c3cccc(-c4cnc(CN(C)C)c(OC)n4)c3Cl)c2Cl)cnc1CN(C)C. The molecule has 2 heterocycles. The lowest BCUT2D eigenvalue weighted by atomic mass is 9.98. The van der Waals surface area contributed by atoms with Crippen molar-refractivity contribution in [3.05, 3.63) is 70.2 Å². The van der Waals surface area contributed by atoms with Crippen molar-refractivity contribution in [1.29, 1.82) is 0 Å². The van der Waals surface area contributed by atoms with Gasteiger partial charge < -0.3 is 19.3 Å². The number of rotatable bonds is 9. The molecule has 38 heavy (non-hydrogen) atoms. The number of aromatic nitrogens is 4. The Balaban J connectivity index is 1.76. The summed E-state index contributed by atoms with van der Waals surface area (Å²) in [4.78, 5) is 22.5. The summed E-state index contributed by atoms with van der Waals surface area (Å²) in [5.74, 6) is 0.922. The lowest BCUT2D eigenvalue weighted by molar-refractivity contribution is 0.355. The fourth-order valence-corrected chi connectivity index (χ4v) is 4.72. The van der Waals surface area contributed by atoms with Crippen LogP contribution in [0.4, 0.5) is 0 Å². The topological polar surface area (TPSA) is 76.5 Å². The zero-order valence-electron chi connectivity index (χ0n) is 22.3. The number of ether oxygens (including phenoxy) is 2. The summed E-state index contributed by atoms with van der Waals surface area (Å²) in [5, 5.41) is 1.02. The summed E-state index contributed by atoms with van der Waals surface area (Å²) >= 11 is 13.9. The quantitative estimate of drug-likeness (QED) is 0.261. The van der Waals surface area contributed by atoms with Crippen LogP contribution in [0.15, 0.2) is 48.8 Å². The Morgan fingerprint density at radius 1 is 0.632 bits per heavy atom. The maximum atomic E-state index is 6.96. The Hall–Kier alpha value is -3.30. The Morgan fingerprint density at radius 2 is 1.00 bits per heavy atom. The van der Waals surface area contributed by atoms with Crippen molar-refractivity contribution < 1.29 is 9.47 Å². The smallest absolute Gasteiger partial charge is 0.237 e.